The molecule has 2 aromatic carbocycles. The summed E-state index contributed by atoms with van der Waals surface area (Å²) in [5, 5.41) is 19.0. The Morgan fingerprint density at radius 2 is 1.68 bits per heavy atom. The molecular formula is C17H15N3O2. The highest BCUT2D eigenvalue weighted by Crippen LogP contribution is 2.32. The fourth-order valence-corrected chi connectivity index (χ4v) is 2.33. The number of aromatic nitrogens is 1. The fourth-order valence-electron chi connectivity index (χ4n) is 2.33. The van der Waals surface area contributed by atoms with E-state index in [-0.39, 0.29) is 17.0 Å². The van der Waals surface area contributed by atoms with Gasteiger partial charge in [-0.15, -0.1) is 10.2 Å². The first-order valence-corrected chi connectivity index (χ1v) is 6.87. The fraction of sp³-hybridized carbons (Fsp3) is 0.118. The Balaban J connectivity index is 2.20. The number of aryl methyl sites for hydroxylation is 2. The lowest BCUT2D eigenvalue weighted by molar-refractivity contribution is 0.480. The van der Waals surface area contributed by atoms with Gasteiger partial charge in [0.15, 0.2) is 11.4 Å². The summed E-state index contributed by atoms with van der Waals surface area (Å²) in [5.41, 5.74) is 1.83. The van der Waals surface area contributed by atoms with Gasteiger partial charge in [-0.05, 0) is 30.7 Å². The minimum Gasteiger partial charge on any atom is -0.505 e. The standard InChI is InChI=1S/C17H15N3O2/c1-11-7-3-5-9-13(11)18-19-15-16(21)12-8-4-6-10-14(12)20(2)17(15)22/h3-10,21H,1-2H3. The molecule has 3 rings (SSSR count). The summed E-state index contributed by atoms with van der Waals surface area (Å²) in [7, 11) is 1.65. The zero-order valence-electron chi connectivity index (χ0n) is 12.3. The van der Waals surface area contributed by atoms with E-state index in [9.17, 15) is 9.90 Å². The lowest BCUT2D eigenvalue weighted by Gasteiger charge is -2.08. The van der Waals surface area contributed by atoms with Gasteiger partial charge in [-0.25, -0.2) is 0 Å². The zero-order chi connectivity index (χ0) is 15.7. The van der Waals surface area contributed by atoms with Crippen molar-refractivity contribution >= 4 is 22.3 Å². The number of hydrogen-bond donors (Lipinski definition) is 1. The predicted molar refractivity (Wildman–Crippen MR) is 86.2 cm³/mol. The normalized spacial score (nSPS) is 11.4. The molecule has 1 heterocycles. The molecule has 0 atom stereocenters. The Morgan fingerprint density at radius 3 is 2.45 bits per heavy atom. The molecule has 5 heteroatoms. The van der Waals surface area contributed by atoms with Crippen LogP contribution >= 0.6 is 0 Å². The second kappa shape index (κ2) is 5.44. The first-order chi connectivity index (χ1) is 10.6. The number of rotatable bonds is 2. The van der Waals surface area contributed by atoms with Crippen LogP contribution in [0, 0.1) is 6.92 Å². The Kier molecular flexibility index (Phi) is 3.47. The Morgan fingerprint density at radius 1 is 1.00 bits per heavy atom. The molecule has 0 radical (unpaired) electrons. The highest BCUT2D eigenvalue weighted by atomic mass is 16.3. The molecular weight excluding hydrogens is 278 g/mol. The smallest absolute Gasteiger partial charge is 0.282 e. The topological polar surface area (TPSA) is 67.0 Å². The molecule has 0 fully saturated rings. The van der Waals surface area contributed by atoms with Gasteiger partial charge >= 0.3 is 0 Å². The Labute approximate surface area is 127 Å². The third-order valence-electron chi connectivity index (χ3n) is 3.63. The van der Waals surface area contributed by atoms with E-state index < -0.39 is 0 Å². The van der Waals surface area contributed by atoms with Crippen molar-refractivity contribution in [2.24, 2.45) is 17.3 Å². The summed E-state index contributed by atoms with van der Waals surface area (Å²) >= 11 is 0. The van der Waals surface area contributed by atoms with E-state index in [0.717, 1.165) is 5.56 Å². The number of para-hydroxylation sites is 1. The average Bonchev–Trinajstić information content (AvgIpc) is 2.54. The van der Waals surface area contributed by atoms with Crippen LogP contribution in [0.1, 0.15) is 5.56 Å². The second-order valence-electron chi connectivity index (χ2n) is 5.07. The van der Waals surface area contributed by atoms with Crippen LogP contribution in [0.4, 0.5) is 11.4 Å². The van der Waals surface area contributed by atoms with Crippen molar-refractivity contribution < 1.29 is 5.11 Å². The molecule has 5 nitrogen and oxygen atoms in total. The van der Waals surface area contributed by atoms with Crippen LogP contribution < -0.4 is 5.56 Å². The molecule has 0 amide bonds. The highest BCUT2D eigenvalue weighted by molar-refractivity contribution is 5.89. The number of azo groups is 1. The molecule has 0 saturated heterocycles. The summed E-state index contributed by atoms with van der Waals surface area (Å²) < 4.78 is 1.46. The van der Waals surface area contributed by atoms with E-state index >= 15 is 0 Å². The Bertz CT molecular complexity index is 942. The summed E-state index contributed by atoms with van der Waals surface area (Å²) in [6, 6.07) is 14.6. The van der Waals surface area contributed by atoms with E-state index in [0.29, 0.717) is 16.6 Å². The summed E-state index contributed by atoms with van der Waals surface area (Å²) in [5.74, 6) is -0.143. The molecule has 110 valence electrons. The monoisotopic (exact) mass is 293 g/mol. The lowest BCUT2D eigenvalue weighted by Crippen LogP contribution is -2.16. The molecule has 0 spiro atoms. The van der Waals surface area contributed by atoms with E-state index in [1.54, 1.807) is 31.3 Å². The third-order valence-corrected chi connectivity index (χ3v) is 3.63. The summed E-state index contributed by atoms with van der Waals surface area (Å²) in [6.07, 6.45) is 0. The number of aromatic hydroxyl groups is 1. The molecule has 0 unspecified atom stereocenters. The van der Waals surface area contributed by atoms with E-state index in [4.69, 9.17) is 0 Å². The van der Waals surface area contributed by atoms with Crippen LogP contribution in [0.5, 0.6) is 5.75 Å². The quantitative estimate of drug-likeness (QED) is 0.726. The molecule has 0 aliphatic carbocycles. The van der Waals surface area contributed by atoms with Crippen molar-refractivity contribution in [3.8, 4) is 5.75 Å². The number of pyridine rings is 1. The van der Waals surface area contributed by atoms with Crippen molar-refractivity contribution in [1.82, 2.24) is 4.57 Å². The van der Waals surface area contributed by atoms with Gasteiger partial charge in [-0.1, -0.05) is 30.3 Å². The number of fused-ring (bicyclic) bond motifs is 1. The number of nitrogens with zero attached hydrogens (tertiary/aromatic N) is 3. The molecule has 1 N–H and O–H groups in total. The van der Waals surface area contributed by atoms with Gasteiger partial charge in [0.1, 0.15) is 0 Å². The van der Waals surface area contributed by atoms with Crippen molar-refractivity contribution in [3.63, 3.8) is 0 Å². The van der Waals surface area contributed by atoms with Crippen LogP contribution in [0.15, 0.2) is 63.6 Å². The molecule has 1 aromatic heterocycles. The van der Waals surface area contributed by atoms with Crippen molar-refractivity contribution in [3.05, 3.63) is 64.4 Å². The van der Waals surface area contributed by atoms with E-state index in [1.807, 2.05) is 31.2 Å². The number of benzene rings is 2. The molecule has 0 aliphatic rings. The maximum Gasteiger partial charge on any atom is 0.282 e. The maximum absolute atomic E-state index is 12.4. The second-order valence-corrected chi connectivity index (χ2v) is 5.07. The SMILES string of the molecule is Cc1ccccc1N=Nc1c(O)c2ccccc2n(C)c1=O. The van der Waals surface area contributed by atoms with Crippen LogP contribution in [0.3, 0.4) is 0 Å². The minimum atomic E-state index is -0.381. The summed E-state index contributed by atoms with van der Waals surface area (Å²) in [4.78, 5) is 12.4. The summed E-state index contributed by atoms with van der Waals surface area (Å²) in [6.45, 7) is 1.91. The zero-order valence-corrected chi connectivity index (χ0v) is 12.3. The van der Waals surface area contributed by atoms with Crippen molar-refractivity contribution in [1.29, 1.82) is 0 Å². The van der Waals surface area contributed by atoms with E-state index in [2.05, 4.69) is 10.2 Å². The Hall–Kier alpha value is -2.95. The maximum atomic E-state index is 12.4. The van der Waals surface area contributed by atoms with Gasteiger partial charge in [-0.2, -0.15) is 0 Å². The molecule has 3 aromatic rings. The highest BCUT2D eigenvalue weighted by Gasteiger charge is 2.13. The van der Waals surface area contributed by atoms with Crippen LogP contribution in [-0.4, -0.2) is 9.67 Å². The van der Waals surface area contributed by atoms with Crippen molar-refractivity contribution in [2.45, 2.75) is 6.92 Å². The average molecular weight is 293 g/mol. The minimum absolute atomic E-state index is 0.0514. The largest absolute Gasteiger partial charge is 0.505 e. The van der Waals surface area contributed by atoms with Gasteiger partial charge in [0, 0.05) is 12.4 Å². The van der Waals surface area contributed by atoms with Crippen LogP contribution in [-0.2, 0) is 7.05 Å². The predicted octanol–water partition coefficient (Wildman–Crippen LogP) is 3.97. The molecule has 0 aliphatic heterocycles. The molecule has 0 bridgehead atoms. The van der Waals surface area contributed by atoms with Gasteiger partial charge in [0.2, 0.25) is 0 Å². The lowest BCUT2D eigenvalue weighted by atomic mass is 10.2. The molecule has 0 saturated carbocycles. The van der Waals surface area contributed by atoms with Crippen LogP contribution in [0.25, 0.3) is 10.9 Å². The first-order valence-electron chi connectivity index (χ1n) is 6.87. The van der Waals surface area contributed by atoms with Gasteiger partial charge in [0.05, 0.1) is 11.2 Å². The number of hydrogen-bond acceptors (Lipinski definition) is 4. The molecule has 22 heavy (non-hydrogen) atoms. The van der Waals surface area contributed by atoms with Crippen LogP contribution in [0.2, 0.25) is 0 Å². The third kappa shape index (κ3) is 2.26. The first kappa shape index (κ1) is 14.0. The van der Waals surface area contributed by atoms with Gasteiger partial charge < -0.3 is 9.67 Å². The van der Waals surface area contributed by atoms with Crippen molar-refractivity contribution in [2.75, 3.05) is 0 Å². The van der Waals surface area contributed by atoms with Gasteiger partial charge in [-0.3, -0.25) is 4.79 Å². The van der Waals surface area contributed by atoms with E-state index in [1.165, 1.54) is 4.57 Å². The van der Waals surface area contributed by atoms with Gasteiger partial charge in [0.25, 0.3) is 5.56 Å².